The molecule has 2 aromatic rings. The first-order valence-corrected chi connectivity index (χ1v) is 6.29. The molecule has 1 heterocycles. The summed E-state index contributed by atoms with van der Waals surface area (Å²) in [7, 11) is 0. The predicted octanol–water partition coefficient (Wildman–Crippen LogP) is 2.34. The van der Waals surface area contributed by atoms with Gasteiger partial charge in [0.2, 0.25) is 0 Å². The Labute approximate surface area is 97.3 Å². The van der Waals surface area contributed by atoms with Crippen LogP contribution in [0.5, 0.6) is 0 Å². The third-order valence-corrected chi connectivity index (χ3v) is 4.43. The Morgan fingerprint density at radius 2 is 1.75 bits per heavy atom. The van der Waals surface area contributed by atoms with Crippen molar-refractivity contribution in [1.82, 2.24) is 0 Å². The summed E-state index contributed by atoms with van der Waals surface area (Å²) >= 11 is -1.05. The SMILES string of the molecule is Nc1ccc2c(c1)Cc1ccccc1[S+]2[O-]. The van der Waals surface area contributed by atoms with Crippen LogP contribution in [0, 0.1) is 0 Å². The number of fused-ring (bicyclic) bond motifs is 2. The molecule has 1 unspecified atom stereocenters. The predicted molar refractivity (Wildman–Crippen MR) is 64.8 cm³/mol. The third-order valence-electron chi connectivity index (χ3n) is 2.84. The van der Waals surface area contributed by atoms with Crippen molar-refractivity contribution in [3.05, 3.63) is 53.6 Å². The molecule has 0 aromatic heterocycles. The van der Waals surface area contributed by atoms with Gasteiger partial charge in [0, 0.05) is 34.4 Å². The van der Waals surface area contributed by atoms with Crippen molar-refractivity contribution in [2.24, 2.45) is 0 Å². The molecule has 2 N–H and O–H groups in total. The Hall–Kier alpha value is -1.45. The molecule has 0 bridgehead atoms. The summed E-state index contributed by atoms with van der Waals surface area (Å²) in [5.41, 5.74) is 8.70. The molecule has 0 spiro atoms. The highest BCUT2D eigenvalue weighted by Gasteiger charge is 2.27. The first-order chi connectivity index (χ1) is 7.75. The second-order valence-corrected chi connectivity index (χ2v) is 5.34. The molecule has 1 aliphatic rings. The largest absolute Gasteiger partial charge is 0.606 e. The summed E-state index contributed by atoms with van der Waals surface area (Å²) in [4.78, 5) is 1.83. The third kappa shape index (κ3) is 1.40. The van der Waals surface area contributed by atoms with Gasteiger partial charge in [0.1, 0.15) is 0 Å². The molecule has 2 aromatic carbocycles. The number of hydrogen-bond donors (Lipinski definition) is 1. The lowest BCUT2D eigenvalue weighted by molar-refractivity contribution is 0.590. The topological polar surface area (TPSA) is 49.1 Å². The van der Waals surface area contributed by atoms with Gasteiger partial charge in [-0.1, -0.05) is 18.2 Å². The Balaban J connectivity index is 2.18. The van der Waals surface area contributed by atoms with E-state index in [4.69, 9.17) is 5.73 Å². The first-order valence-electron chi connectivity index (χ1n) is 5.14. The fraction of sp³-hybridized carbons (Fsp3) is 0.0769. The zero-order valence-corrected chi connectivity index (χ0v) is 9.46. The van der Waals surface area contributed by atoms with E-state index in [0.717, 1.165) is 33.0 Å². The van der Waals surface area contributed by atoms with Crippen LogP contribution in [0.1, 0.15) is 11.1 Å². The van der Waals surface area contributed by atoms with E-state index in [0.29, 0.717) is 0 Å². The summed E-state index contributed by atoms with van der Waals surface area (Å²) in [6.07, 6.45) is 0.822. The molecular weight excluding hydrogens is 218 g/mol. The van der Waals surface area contributed by atoms with Gasteiger partial charge < -0.3 is 10.3 Å². The number of rotatable bonds is 0. The number of nitrogen functional groups attached to an aromatic ring is 1. The van der Waals surface area contributed by atoms with Crippen molar-refractivity contribution < 1.29 is 4.55 Å². The molecule has 2 nitrogen and oxygen atoms in total. The smallest absolute Gasteiger partial charge is 0.162 e. The van der Waals surface area contributed by atoms with Crippen molar-refractivity contribution >= 4 is 16.9 Å². The van der Waals surface area contributed by atoms with E-state index in [1.807, 2.05) is 42.5 Å². The zero-order chi connectivity index (χ0) is 11.1. The molecule has 80 valence electrons. The number of nitrogens with two attached hydrogens (primary N) is 1. The van der Waals surface area contributed by atoms with Crippen molar-refractivity contribution in [3.63, 3.8) is 0 Å². The van der Waals surface area contributed by atoms with Gasteiger partial charge in [0.25, 0.3) is 0 Å². The van der Waals surface area contributed by atoms with Crippen molar-refractivity contribution in [1.29, 1.82) is 0 Å². The van der Waals surface area contributed by atoms with Crippen LogP contribution in [-0.2, 0) is 17.6 Å². The van der Waals surface area contributed by atoms with E-state index >= 15 is 0 Å². The molecule has 0 radical (unpaired) electrons. The summed E-state index contributed by atoms with van der Waals surface area (Å²) < 4.78 is 12.3. The maximum absolute atomic E-state index is 12.3. The lowest BCUT2D eigenvalue weighted by Gasteiger charge is -2.21. The van der Waals surface area contributed by atoms with Gasteiger partial charge in [0.15, 0.2) is 9.79 Å². The number of hydrogen-bond acceptors (Lipinski definition) is 2. The van der Waals surface area contributed by atoms with Crippen LogP contribution in [0.25, 0.3) is 0 Å². The first kappa shape index (κ1) is 9.75. The summed E-state index contributed by atoms with van der Waals surface area (Å²) in [6.45, 7) is 0. The Bertz CT molecular complexity index is 553. The van der Waals surface area contributed by atoms with Crippen molar-refractivity contribution in [2.75, 3.05) is 5.73 Å². The quantitative estimate of drug-likeness (QED) is 0.557. The highest BCUT2D eigenvalue weighted by molar-refractivity contribution is 7.91. The van der Waals surface area contributed by atoms with Gasteiger partial charge in [-0.15, -0.1) is 0 Å². The molecular formula is C13H11NOS. The van der Waals surface area contributed by atoms with Crippen LogP contribution in [0.4, 0.5) is 5.69 Å². The zero-order valence-electron chi connectivity index (χ0n) is 8.64. The monoisotopic (exact) mass is 229 g/mol. The Morgan fingerprint density at radius 1 is 1.00 bits per heavy atom. The second-order valence-electron chi connectivity index (χ2n) is 3.92. The minimum Gasteiger partial charge on any atom is -0.606 e. The molecule has 3 heteroatoms. The number of anilines is 1. The van der Waals surface area contributed by atoms with Crippen LogP contribution in [0.3, 0.4) is 0 Å². The van der Waals surface area contributed by atoms with E-state index in [2.05, 4.69) is 0 Å². The average molecular weight is 229 g/mol. The number of benzene rings is 2. The van der Waals surface area contributed by atoms with E-state index in [1.54, 1.807) is 0 Å². The lowest BCUT2D eigenvalue weighted by atomic mass is 10.0. The van der Waals surface area contributed by atoms with Crippen LogP contribution < -0.4 is 5.73 Å². The summed E-state index contributed by atoms with van der Waals surface area (Å²) in [5, 5.41) is 0. The Morgan fingerprint density at radius 3 is 2.62 bits per heavy atom. The normalized spacial score (nSPS) is 17.7. The van der Waals surface area contributed by atoms with Gasteiger partial charge in [-0.2, -0.15) is 0 Å². The van der Waals surface area contributed by atoms with Crippen molar-refractivity contribution in [3.8, 4) is 0 Å². The van der Waals surface area contributed by atoms with Gasteiger partial charge in [-0.3, -0.25) is 0 Å². The van der Waals surface area contributed by atoms with Crippen LogP contribution in [-0.4, -0.2) is 4.55 Å². The fourth-order valence-corrected chi connectivity index (χ4v) is 3.45. The molecule has 0 aliphatic carbocycles. The maximum Gasteiger partial charge on any atom is 0.162 e. The second kappa shape index (κ2) is 3.54. The van der Waals surface area contributed by atoms with Crippen LogP contribution >= 0.6 is 0 Å². The van der Waals surface area contributed by atoms with Gasteiger partial charge in [-0.05, 0) is 24.3 Å². The highest BCUT2D eigenvalue weighted by atomic mass is 32.2. The van der Waals surface area contributed by atoms with Crippen molar-refractivity contribution in [2.45, 2.75) is 16.2 Å². The fourth-order valence-electron chi connectivity index (χ4n) is 2.07. The Kier molecular flexibility index (Phi) is 2.16. The summed E-state index contributed by atoms with van der Waals surface area (Å²) in [6, 6.07) is 13.5. The summed E-state index contributed by atoms with van der Waals surface area (Å²) in [5.74, 6) is 0. The molecule has 16 heavy (non-hydrogen) atoms. The molecule has 0 saturated carbocycles. The van der Waals surface area contributed by atoms with Crippen LogP contribution in [0.2, 0.25) is 0 Å². The van der Waals surface area contributed by atoms with Gasteiger partial charge >= 0.3 is 0 Å². The molecule has 0 saturated heterocycles. The highest BCUT2D eigenvalue weighted by Crippen LogP contribution is 2.34. The maximum atomic E-state index is 12.3. The standard InChI is InChI=1S/C13H11NOS/c14-11-5-6-13-10(8-11)7-9-3-1-2-4-12(9)16(13)15/h1-6,8H,7,14H2. The molecule has 3 rings (SSSR count). The molecule has 1 atom stereocenters. The van der Waals surface area contributed by atoms with Crippen LogP contribution in [0.15, 0.2) is 52.3 Å². The molecule has 0 fully saturated rings. The minimum absolute atomic E-state index is 0.732. The minimum atomic E-state index is -1.05. The van der Waals surface area contributed by atoms with E-state index in [9.17, 15) is 4.55 Å². The van der Waals surface area contributed by atoms with Gasteiger partial charge in [0.05, 0.1) is 0 Å². The van der Waals surface area contributed by atoms with E-state index in [1.165, 1.54) is 0 Å². The molecule has 1 aliphatic heterocycles. The van der Waals surface area contributed by atoms with E-state index in [-0.39, 0.29) is 0 Å². The van der Waals surface area contributed by atoms with E-state index < -0.39 is 11.2 Å². The average Bonchev–Trinajstić information content (AvgIpc) is 2.29. The molecule has 0 amide bonds. The van der Waals surface area contributed by atoms with Gasteiger partial charge in [-0.25, -0.2) is 0 Å². The lowest BCUT2D eigenvalue weighted by Crippen LogP contribution is -2.14.